The number of nitriles is 1. The van der Waals surface area contributed by atoms with Crippen LogP contribution in [0.15, 0.2) is 24.4 Å². The molecule has 1 aromatic rings. The van der Waals surface area contributed by atoms with Gasteiger partial charge in [0, 0.05) is 30.9 Å². The molecule has 0 aliphatic rings. The lowest BCUT2D eigenvalue weighted by Gasteiger charge is -2.22. The van der Waals surface area contributed by atoms with Crippen molar-refractivity contribution in [2.24, 2.45) is 0 Å². The first kappa shape index (κ1) is 13.7. The van der Waals surface area contributed by atoms with E-state index in [4.69, 9.17) is 10.4 Å². The van der Waals surface area contributed by atoms with Gasteiger partial charge in [-0.05, 0) is 25.1 Å². The number of anilines is 1. The fraction of sp³-hybridized carbons (Fsp3) is 0.308. The Hall–Kier alpha value is -2.35. The molecular formula is C13H15N3O2. The summed E-state index contributed by atoms with van der Waals surface area (Å²) in [7, 11) is 0. The quantitative estimate of drug-likeness (QED) is 0.775. The van der Waals surface area contributed by atoms with Crippen molar-refractivity contribution in [2.75, 3.05) is 18.0 Å². The van der Waals surface area contributed by atoms with Crippen LogP contribution >= 0.6 is 0 Å². The molecule has 94 valence electrons. The highest BCUT2D eigenvalue weighted by Gasteiger charge is 2.09. The van der Waals surface area contributed by atoms with Gasteiger partial charge in [0.25, 0.3) is 0 Å². The largest absolute Gasteiger partial charge is 0.478 e. The van der Waals surface area contributed by atoms with Crippen LogP contribution in [0.2, 0.25) is 0 Å². The van der Waals surface area contributed by atoms with Crippen LogP contribution in [0.1, 0.15) is 18.9 Å². The number of rotatable bonds is 6. The second-order valence-corrected chi connectivity index (χ2v) is 3.58. The number of hydrogen-bond donors (Lipinski definition) is 1. The molecule has 0 saturated heterocycles. The summed E-state index contributed by atoms with van der Waals surface area (Å²) < 4.78 is 0. The van der Waals surface area contributed by atoms with Crippen LogP contribution in [0.3, 0.4) is 0 Å². The van der Waals surface area contributed by atoms with Crippen molar-refractivity contribution in [2.45, 2.75) is 13.3 Å². The van der Waals surface area contributed by atoms with E-state index in [1.807, 2.05) is 11.8 Å². The lowest BCUT2D eigenvalue weighted by atomic mass is 10.2. The van der Waals surface area contributed by atoms with Gasteiger partial charge in [0.15, 0.2) is 0 Å². The SMILES string of the molecule is CCN(CCC#N)c1ncccc1/C=C/C(=O)O. The third-order valence-corrected chi connectivity index (χ3v) is 2.40. The van der Waals surface area contributed by atoms with Crippen molar-refractivity contribution in [3.63, 3.8) is 0 Å². The van der Waals surface area contributed by atoms with E-state index in [1.165, 1.54) is 6.08 Å². The molecule has 0 aromatic carbocycles. The lowest BCUT2D eigenvalue weighted by molar-refractivity contribution is -0.131. The average molecular weight is 245 g/mol. The highest BCUT2D eigenvalue weighted by atomic mass is 16.4. The highest BCUT2D eigenvalue weighted by molar-refractivity contribution is 5.86. The fourth-order valence-electron chi connectivity index (χ4n) is 1.56. The van der Waals surface area contributed by atoms with Gasteiger partial charge in [0.05, 0.1) is 12.5 Å². The molecule has 18 heavy (non-hydrogen) atoms. The smallest absolute Gasteiger partial charge is 0.328 e. The number of pyridine rings is 1. The van der Waals surface area contributed by atoms with Gasteiger partial charge >= 0.3 is 5.97 Å². The standard InChI is InChI=1S/C13H15N3O2/c1-2-16(10-4-8-14)13-11(5-3-9-15-13)6-7-12(17)18/h3,5-7,9H,2,4,10H2,1H3,(H,17,18)/b7-6+. The van der Waals surface area contributed by atoms with Crippen LogP contribution in [0.5, 0.6) is 0 Å². The van der Waals surface area contributed by atoms with Crippen LogP contribution in [-0.2, 0) is 4.79 Å². The van der Waals surface area contributed by atoms with Gasteiger partial charge in [0.1, 0.15) is 5.82 Å². The molecule has 0 atom stereocenters. The van der Waals surface area contributed by atoms with E-state index in [2.05, 4.69) is 11.1 Å². The van der Waals surface area contributed by atoms with Crippen molar-refractivity contribution >= 4 is 17.9 Å². The average Bonchev–Trinajstić information content (AvgIpc) is 2.38. The Labute approximate surface area is 106 Å². The Morgan fingerprint density at radius 3 is 3.06 bits per heavy atom. The molecule has 0 fully saturated rings. The Morgan fingerprint density at radius 1 is 1.67 bits per heavy atom. The maximum absolute atomic E-state index is 10.5. The third kappa shape index (κ3) is 3.91. The Bertz CT molecular complexity index is 477. The molecule has 0 unspecified atom stereocenters. The minimum Gasteiger partial charge on any atom is -0.478 e. The molecule has 1 heterocycles. The number of hydrogen-bond acceptors (Lipinski definition) is 4. The summed E-state index contributed by atoms with van der Waals surface area (Å²) in [5.74, 6) is -0.294. The second-order valence-electron chi connectivity index (χ2n) is 3.58. The topological polar surface area (TPSA) is 77.2 Å². The molecule has 1 aromatic heterocycles. The zero-order valence-electron chi connectivity index (χ0n) is 10.2. The van der Waals surface area contributed by atoms with Crippen LogP contribution in [0, 0.1) is 11.3 Å². The zero-order valence-corrected chi connectivity index (χ0v) is 10.2. The number of carboxylic acid groups (broad SMARTS) is 1. The van der Waals surface area contributed by atoms with Gasteiger partial charge in [-0.15, -0.1) is 0 Å². The lowest BCUT2D eigenvalue weighted by Crippen LogP contribution is -2.25. The minimum absolute atomic E-state index is 0.409. The maximum atomic E-state index is 10.5. The molecule has 0 saturated carbocycles. The third-order valence-electron chi connectivity index (χ3n) is 2.40. The van der Waals surface area contributed by atoms with Crippen LogP contribution in [0.25, 0.3) is 6.08 Å². The van der Waals surface area contributed by atoms with Crippen molar-refractivity contribution in [3.8, 4) is 6.07 Å². The summed E-state index contributed by atoms with van der Waals surface area (Å²) in [5, 5.41) is 17.3. The monoisotopic (exact) mass is 245 g/mol. The summed E-state index contributed by atoms with van der Waals surface area (Å²) in [6.07, 6.45) is 4.66. The van der Waals surface area contributed by atoms with Crippen LogP contribution in [0.4, 0.5) is 5.82 Å². The van der Waals surface area contributed by atoms with Gasteiger partial charge in [-0.25, -0.2) is 9.78 Å². The number of aromatic nitrogens is 1. The first-order valence-corrected chi connectivity index (χ1v) is 5.67. The van der Waals surface area contributed by atoms with Crippen molar-refractivity contribution in [1.82, 2.24) is 4.98 Å². The fourth-order valence-corrected chi connectivity index (χ4v) is 1.56. The number of nitrogens with zero attached hydrogens (tertiary/aromatic N) is 3. The van der Waals surface area contributed by atoms with Gasteiger partial charge < -0.3 is 10.0 Å². The van der Waals surface area contributed by atoms with E-state index < -0.39 is 5.97 Å². The van der Waals surface area contributed by atoms with Gasteiger partial charge in [-0.2, -0.15) is 5.26 Å². The van der Waals surface area contributed by atoms with E-state index >= 15 is 0 Å². The second kappa shape index (κ2) is 7.07. The molecule has 0 aliphatic carbocycles. The highest BCUT2D eigenvalue weighted by Crippen LogP contribution is 2.18. The van der Waals surface area contributed by atoms with E-state index in [0.717, 1.165) is 11.6 Å². The van der Waals surface area contributed by atoms with E-state index in [9.17, 15) is 4.79 Å². The van der Waals surface area contributed by atoms with Crippen molar-refractivity contribution in [1.29, 1.82) is 5.26 Å². The normalized spacial score (nSPS) is 10.2. The van der Waals surface area contributed by atoms with Crippen LogP contribution in [-0.4, -0.2) is 29.1 Å². The van der Waals surface area contributed by atoms with E-state index in [-0.39, 0.29) is 0 Å². The molecule has 5 nitrogen and oxygen atoms in total. The molecule has 1 rings (SSSR count). The number of carboxylic acids is 1. The summed E-state index contributed by atoms with van der Waals surface area (Å²) >= 11 is 0. The van der Waals surface area contributed by atoms with Crippen LogP contribution < -0.4 is 4.90 Å². The Morgan fingerprint density at radius 2 is 2.44 bits per heavy atom. The maximum Gasteiger partial charge on any atom is 0.328 e. The molecule has 1 N–H and O–H groups in total. The van der Waals surface area contributed by atoms with Crippen molar-refractivity contribution < 1.29 is 9.90 Å². The number of aliphatic carboxylic acids is 1. The zero-order chi connectivity index (χ0) is 13.4. The molecule has 0 bridgehead atoms. The predicted molar refractivity (Wildman–Crippen MR) is 69.0 cm³/mol. The molecular weight excluding hydrogens is 230 g/mol. The van der Waals surface area contributed by atoms with E-state index in [1.54, 1.807) is 18.3 Å². The van der Waals surface area contributed by atoms with Gasteiger partial charge in [-0.1, -0.05) is 0 Å². The molecule has 0 aliphatic heterocycles. The van der Waals surface area contributed by atoms with E-state index in [0.29, 0.717) is 25.3 Å². The molecule has 0 spiro atoms. The van der Waals surface area contributed by atoms with Gasteiger partial charge in [-0.3, -0.25) is 0 Å². The molecule has 5 heteroatoms. The summed E-state index contributed by atoms with van der Waals surface area (Å²) in [6, 6.07) is 5.65. The summed E-state index contributed by atoms with van der Waals surface area (Å²) in [4.78, 5) is 16.7. The molecule has 0 radical (unpaired) electrons. The first-order valence-electron chi connectivity index (χ1n) is 5.67. The Kier molecular flexibility index (Phi) is 5.39. The number of carbonyl (C=O) groups is 1. The molecule has 0 amide bonds. The summed E-state index contributed by atoms with van der Waals surface area (Å²) in [6.45, 7) is 3.27. The minimum atomic E-state index is -0.995. The Balaban J connectivity index is 2.99. The predicted octanol–water partition coefficient (Wildman–Crippen LogP) is 1.92. The summed E-state index contributed by atoms with van der Waals surface area (Å²) in [5.41, 5.74) is 0.736. The van der Waals surface area contributed by atoms with Crippen molar-refractivity contribution in [3.05, 3.63) is 30.0 Å². The van der Waals surface area contributed by atoms with Gasteiger partial charge in [0.2, 0.25) is 0 Å². The first-order chi connectivity index (χ1) is 8.69.